The van der Waals surface area contributed by atoms with E-state index >= 15 is 0 Å². The maximum Gasteiger partial charge on any atom is 0.242 e. The quantitative estimate of drug-likeness (QED) is 0.506. The van der Waals surface area contributed by atoms with E-state index in [1.165, 1.54) is 5.69 Å². The second-order valence-corrected chi connectivity index (χ2v) is 7.73. The van der Waals surface area contributed by atoms with Crippen molar-refractivity contribution in [1.29, 1.82) is 0 Å². The minimum absolute atomic E-state index is 0.525. The molecule has 0 spiro atoms. The lowest BCUT2D eigenvalue weighted by Gasteiger charge is -2.29. The van der Waals surface area contributed by atoms with Gasteiger partial charge in [-0.3, -0.25) is 0 Å². The number of aromatic nitrogens is 2. The number of nitrogens with zero attached hydrogens (tertiary/aromatic N) is 3. The molecule has 1 saturated heterocycles. The van der Waals surface area contributed by atoms with Crippen molar-refractivity contribution in [3.63, 3.8) is 0 Å². The lowest BCUT2D eigenvalue weighted by atomic mass is 10.2. The number of hydrogen-bond acceptors (Lipinski definition) is 7. The number of fused-ring (bicyclic) bond motifs is 1. The van der Waals surface area contributed by atoms with Crippen LogP contribution in [0.3, 0.4) is 0 Å². The number of anilines is 3. The summed E-state index contributed by atoms with van der Waals surface area (Å²) in [4.78, 5) is 11.6. The van der Waals surface area contributed by atoms with E-state index in [1.807, 2.05) is 41.8 Å². The number of para-hydroxylation sites is 1. The normalized spacial score (nSPS) is 14.1. The van der Waals surface area contributed by atoms with E-state index in [9.17, 15) is 0 Å². The van der Waals surface area contributed by atoms with Crippen molar-refractivity contribution in [2.75, 3.05) is 36.4 Å². The average molecular weight is 404 g/mol. The van der Waals surface area contributed by atoms with Crippen LogP contribution in [0.2, 0.25) is 0 Å². The van der Waals surface area contributed by atoms with Crippen LogP contribution in [0.5, 0.6) is 11.6 Å². The van der Waals surface area contributed by atoms with Gasteiger partial charge in [-0.15, -0.1) is 11.3 Å². The molecule has 4 aromatic rings. The number of hydrogen-bond donors (Lipinski definition) is 2. The third-order valence-corrected chi connectivity index (χ3v) is 5.73. The van der Waals surface area contributed by atoms with Crippen LogP contribution < -0.4 is 20.3 Å². The fourth-order valence-corrected chi connectivity index (χ4v) is 4.13. The smallest absolute Gasteiger partial charge is 0.242 e. The molecule has 5 rings (SSSR count). The molecule has 0 bridgehead atoms. The zero-order valence-corrected chi connectivity index (χ0v) is 16.7. The van der Waals surface area contributed by atoms with Gasteiger partial charge in [0.15, 0.2) is 0 Å². The van der Waals surface area contributed by atoms with Crippen molar-refractivity contribution in [3.05, 3.63) is 66.0 Å². The number of thiophene rings is 1. The van der Waals surface area contributed by atoms with Gasteiger partial charge in [0, 0.05) is 37.6 Å². The van der Waals surface area contributed by atoms with Gasteiger partial charge in [0.05, 0.1) is 5.52 Å². The van der Waals surface area contributed by atoms with Gasteiger partial charge in [-0.2, -0.15) is 4.98 Å². The van der Waals surface area contributed by atoms with E-state index in [1.54, 1.807) is 11.3 Å². The number of ether oxygens (including phenoxy) is 1. The van der Waals surface area contributed by atoms with Crippen LogP contribution in [0.4, 0.5) is 17.3 Å². The molecule has 6 nitrogen and oxygen atoms in total. The van der Waals surface area contributed by atoms with Gasteiger partial charge in [0.2, 0.25) is 11.8 Å². The maximum atomic E-state index is 6.03. The van der Waals surface area contributed by atoms with Crippen molar-refractivity contribution in [2.24, 2.45) is 0 Å². The highest BCUT2D eigenvalue weighted by Gasteiger charge is 2.13. The molecule has 2 aromatic carbocycles. The zero-order chi connectivity index (χ0) is 19.5. The highest BCUT2D eigenvalue weighted by atomic mass is 32.1. The van der Waals surface area contributed by atoms with Crippen LogP contribution in [0.15, 0.2) is 66.0 Å². The Morgan fingerprint density at radius 1 is 0.931 bits per heavy atom. The Bertz CT molecular complexity index is 1090. The molecule has 1 aliphatic heterocycles. The minimum atomic E-state index is 0.525. The van der Waals surface area contributed by atoms with E-state index in [4.69, 9.17) is 4.74 Å². The van der Waals surface area contributed by atoms with Crippen molar-refractivity contribution in [2.45, 2.75) is 0 Å². The third kappa shape index (κ3) is 4.01. The zero-order valence-electron chi connectivity index (χ0n) is 15.8. The molecule has 0 saturated carbocycles. The maximum absolute atomic E-state index is 6.03. The first kappa shape index (κ1) is 17.9. The standard InChI is InChI=1S/C22H21N5OS/c1-2-4-18(5-3-1)28-21-20-19(10-15-29-20)25-22(26-21)24-16-6-8-17(9-7-16)27-13-11-23-12-14-27/h1-10,15,23H,11-14H2,(H,24,25,26). The number of rotatable bonds is 5. The first-order chi connectivity index (χ1) is 14.3. The highest BCUT2D eigenvalue weighted by Crippen LogP contribution is 2.33. The van der Waals surface area contributed by atoms with Gasteiger partial charge in [0.1, 0.15) is 10.4 Å². The number of benzene rings is 2. The summed E-state index contributed by atoms with van der Waals surface area (Å²) in [5.74, 6) is 1.85. The molecule has 7 heteroatoms. The van der Waals surface area contributed by atoms with Crippen LogP contribution in [0.1, 0.15) is 0 Å². The molecular weight excluding hydrogens is 382 g/mol. The Kier molecular flexibility index (Phi) is 4.98. The number of piperazine rings is 1. The SMILES string of the molecule is c1ccc(Oc2nc(Nc3ccc(N4CCNCC4)cc3)nc3ccsc23)cc1. The van der Waals surface area contributed by atoms with Gasteiger partial charge in [0.25, 0.3) is 0 Å². The van der Waals surface area contributed by atoms with Crippen LogP contribution in [-0.4, -0.2) is 36.1 Å². The molecule has 0 atom stereocenters. The van der Waals surface area contributed by atoms with Gasteiger partial charge < -0.3 is 20.3 Å². The predicted octanol–water partition coefficient (Wildman–Crippen LogP) is 4.64. The van der Waals surface area contributed by atoms with Crippen LogP contribution in [-0.2, 0) is 0 Å². The summed E-state index contributed by atoms with van der Waals surface area (Å²) in [5.41, 5.74) is 3.05. The van der Waals surface area contributed by atoms with Crippen molar-refractivity contribution >= 4 is 38.9 Å². The molecule has 1 fully saturated rings. The molecular formula is C22H21N5OS. The first-order valence-electron chi connectivity index (χ1n) is 9.66. The highest BCUT2D eigenvalue weighted by molar-refractivity contribution is 7.17. The van der Waals surface area contributed by atoms with Gasteiger partial charge in [-0.1, -0.05) is 18.2 Å². The van der Waals surface area contributed by atoms with Crippen LogP contribution >= 0.6 is 11.3 Å². The monoisotopic (exact) mass is 403 g/mol. The van der Waals surface area contributed by atoms with Crippen LogP contribution in [0, 0.1) is 0 Å². The van der Waals surface area contributed by atoms with Crippen LogP contribution in [0.25, 0.3) is 10.2 Å². The summed E-state index contributed by atoms with van der Waals surface area (Å²) in [6, 6.07) is 20.1. The molecule has 2 N–H and O–H groups in total. The molecule has 0 amide bonds. The molecule has 146 valence electrons. The van der Waals surface area contributed by atoms with E-state index < -0.39 is 0 Å². The fraction of sp³-hybridized carbons (Fsp3) is 0.182. The minimum Gasteiger partial charge on any atom is -0.437 e. The molecule has 0 radical (unpaired) electrons. The molecule has 1 aliphatic rings. The second-order valence-electron chi connectivity index (χ2n) is 6.81. The van der Waals surface area contributed by atoms with Gasteiger partial charge in [-0.25, -0.2) is 4.98 Å². The van der Waals surface area contributed by atoms with Crippen molar-refractivity contribution in [1.82, 2.24) is 15.3 Å². The summed E-state index contributed by atoms with van der Waals surface area (Å²) >= 11 is 1.58. The summed E-state index contributed by atoms with van der Waals surface area (Å²) in [6.45, 7) is 4.12. The first-order valence-corrected chi connectivity index (χ1v) is 10.5. The lowest BCUT2D eigenvalue weighted by Crippen LogP contribution is -2.43. The van der Waals surface area contributed by atoms with Crippen molar-refractivity contribution in [3.8, 4) is 11.6 Å². The Labute approximate surface area is 173 Å². The Balaban J connectivity index is 1.38. The van der Waals surface area contributed by atoms with E-state index in [0.29, 0.717) is 11.8 Å². The molecule has 3 heterocycles. The molecule has 0 unspecified atom stereocenters. The van der Waals surface area contributed by atoms with Gasteiger partial charge in [-0.05, 0) is 47.8 Å². The molecule has 0 aliphatic carbocycles. The lowest BCUT2D eigenvalue weighted by molar-refractivity contribution is 0.470. The summed E-state index contributed by atoms with van der Waals surface area (Å²) in [5, 5.41) is 8.70. The predicted molar refractivity (Wildman–Crippen MR) is 119 cm³/mol. The average Bonchev–Trinajstić information content (AvgIpc) is 3.25. The Morgan fingerprint density at radius 3 is 2.52 bits per heavy atom. The fourth-order valence-electron chi connectivity index (χ4n) is 3.37. The van der Waals surface area contributed by atoms with Gasteiger partial charge >= 0.3 is 0 Å². The summed E-state index contributed by atoms with van der Waals surface area (Å²) in [6.07, 6.45) is 0. The summed E-state index contributed by atoms with van der Waals surface area (Å²) in [7, 11) is 0. The van der Waals surface area contributed by atoms with Crippen molar-refractivity contribution < 1.29 is 4.74 Å². The molecule has 2 aromatic heterocycles. The largest absolute Gasteiger partial charge is 0.437 e. The van der Waals surface area contributed by atoms with E-state index in [-0.39, 0.29) is 0 Å². The Morgan fingerprint density at radius 2 is 1.72 bits per heavy atom. The molecule has 29 heavy (non-hydrogen) atoms. The van der Waals surface area contributed by atoms with E-state index in [0.717, 1.165) is 47.8 Å². The topological polar surface area (TPSA) is 62.3 Å². The summed E-state index contributed by atoms with van der Waals surface area (Å²) < 4.78 is 6.97. The third-order valence-electron chi connectivity index (χ3n) is 4.84. The van der Waals surface area contributed by atoms with E-state index in [2.05, 4.69) is 49.8 Å². The second kappa shape index (κ2) is 8.06. The number of nitrogens with one attached hydrogen (secondary N) is 2. The Hall–Kier alpha value is -3.16.